The van der Waals surface area contributed by atoms with E-state index in [-0.39, 0.29) is 44.9 Å². The third-order valence-corrected chi connectivity index (χ3v) is 4.56. The zero-order valence-electron chi connectivity index (χ0n) is 17.7. The zero-order chi connectivity index (χ0) is 18.4. The molecule has 0 unspecified atom stereocenters. The van der Waals surface area contributed by atoms with Crippen LogP contribution in [0.15, 0.2) is 24.3 Å². The predicted octanol–water partition coefficient (Wildman–Crippen LogP) is -1.34. The first-order valence-electron chi connectivity index (χ1n) is 9.22. The summed E-state index contributed by atoms with van der Waals surface area (Å²) in [7, 11) is 0. The van der Waals surface area contributed by atoms with Crippen LogP contribution < -0.4 is 40.8 Å². The first-order chi connectivity index (χ1) is 11.9. The van der Waals surface area contributed by atoms with E-state index in [0.717, 1.165) is 26.2 Å². The number of halogens is 2. The van der Waals surface area contributed by atoms with E-state index >= 15 is 0 Å². The summed E-state index contributed by atoms with van der Waals surface area (Å²) < 4.78 is 0. The largest absolute Gasteiger partial charge is 1.00 e. The van der Waals surface area contributed by atoms with Gasteiger partial charge in [-0.2, -0.15) is 0 Å². The number of rotatable bonds is 8. The van der Waals surface area contributed by atoms with Crippen molar-refractivity contribution in [2.45, 2.75) is 41.5 Å². The van der Waals surface area contributed by atoms with E-state index in [9.17, 15) is 0 Å². The fourth-order valence-corrected chi connectivity index (χ4v) is 3.59. The predicted molar refractivity (Wildman–Crippen MR) is 111 cm³/mol. The minimum Gasteiger partial charge on any atom is -1.00 e. The Morgan fingerprint density at radius 2 is 0.821 bits per heavy atom. The Labute approximate surface area is 197 Å². The molecule has 0 fully saturated rings. The third-order valence-electron chi connectivity index (χ3n) is 4.56. The molecule has 161 valence electrons. The van der Waals surface area contributed by atoms with Crippen molar-refractivity contribution in [3.8, 4) is 0 Å². The van der Waals surface area contributed by atoms with Gasteiger partial charge in [0.25, 0.3) is 0 Å². The van der Waals surface area contributed by atoms with Crippen LogP contribution in [0.3, 0.4) is 0 Å². The summed E-state index contributed by atoms with van der Waals surface area (Å²) in [6.07, 6.45) is 0. The van der Waals surface area contributed by atoms with Crippen molar-refractivity contribution >= 4 is 11.4 Å². The van der Waals surface area contributed by atoms with Gasteiger partial charge < -0.3 is 40.8 Å². The van der Waals surface area contributed by atoms with Crippen molar-refractivity contribution in [1.29, 1.82) is 0 Å². The fraction of sp³-hybridized carbons (Fsp3) is 0.455. The molecule has 0 aromatic heterocycles. The maximum atomic E-state index is 3.56. The Morgan fingerprint density at radius 1 is 0.536 bits per heavy atom. The standard InChI is InChI=1S/C22H33N3.2ClH.Ir/c1-15-11-17(3)21(18(4)12-15)24-9-7-23-8-10-25-22-19(5)13-16(2)14-20(22)6;;;/h11-14,23-25H,7-10H2,1-6H3;2*1H;/p-2. The van der Waals surface area contributed by atoms with E-state index < -0.39 is 0 Å². The summed E-state index contributed by atoms with van der Waals surface area (Å²) in [5.41, 5.74) is 10.5. The quantitative estimate of drug-likeness (QED) is 0.328. The van der Waals surface area contributed by atoms with Gasteiger partial charge in [0, 0.05) is 57.7 Å². The summed E-state index contributed by atoms with van der Waals surface area (Å²) in [5.74, 6) is 0. The van der Waals surface area contributed by atoms with Crippen LogP contribution in [-0.4, -0.2) is 26.2 Å². The normalized spacial score (nSPS) is 9.64. The SMILES string of the molecule is Cc1cc(C)c(NCCNCCNc2c(C)cc(C)cc2C)c(C)c1.[Cl-].[Cl-].[Ir]. The molecule has 0 bridgehead atoms. The number of benzene rings is 2. The van der Waals surface area contributed by atoms with E-state index in [1.165, 1.54) is 44.8 Å². The van der Waals surface area contributed by atoms with Gasteiger partial charge in [-0.3, -0.25) is 0 Å². The van der Waals surface area contributed by atoms with Crippen molar-refractivity contribution in [2.24, 2.45) is 0 Å². The number of aryl methyl sites for hydroxylation is 6. The molecule has 0 saturated carbocycles. The molecule has 0 aliphatic heterocycles. The number of anilines is 2. The van der Waals surface area contributed by atoms with E-state index in [4.69, 9.17) is 0 Å². The van der Waals surface area contributed by atoms with Gasteiger partial charge in [-0.25, -0.2) is 0 Å². The Kier molecular flexibility index (Phi) is 15.0. The van der Waals surface area contributed by atoms with Gasteiger partial charge in [0.15, 0.2) is 0 Å². The van der Waals surface area contributed by atoms with Crippen LogP contribution in [0.4, 0.5) is 11.4 Å². The van der Waals surface area contributed by atoms with Crippen LogP contribution in [0.2, 0.25) is 0 Å². The van der Waals surface area contributed by atoms with Gasteiger partial charge in [-0.15, -0.1) is 0 Å². The molecule has 6 heteroatoms. The van der Waals surface area contributed by atoms with E-state index in [0.29, 0.717) is 0 Å². The molecule has 0 amide bonds. The second-order valence-electron chi connectivity index (χ2n) is 7.15. The van der Waals surface area contributed by atoms with E-state index in [1.807, 2.05) is 0 Å². The Morgan fingerprint density at radius 3 is 1.11 bits per heavy atom. The van der Waals surface area contributed by atoms with Gasteiger partial charge in [-0.1, -0.05) is 35.4 Å². The van der Waals surface area contributed by atoms with Crippen LogP contribution >= 0.6 is 0 Å². The van der Waals surface area contributed by atoms with Crippen LogP contribution in [0.25, 0.3) is 0 Å². The maximum Gasteiger partial charge on any atom is 0.0400 e. The van der Waals surface area contributed by atoms with E-state index in [1.54, 1.807) is 0 Å². The molecule has 0 aliphatic carbocycles. The van der Waals surface area contributed by atoms with Crippen molar-refractivity contribution in [3.05, 3.63) is 57.6 Å². The molecule has 2 rings (SSSR count). The summed E-state index contributed by atoms with van der Waals surface area (Å²) in [4.78, 5) is 0. The molecule has 0 saturated heterocycles. The zero-order valence-corrected chi connectivity index (χ0v) is 21.6. The first-order valence-corrected chi connectivity index (χ1v) is 9.22. The molecule has 0 heterocycles. The van der Waals surface area contributed by atoms with Gasteiger partial charge in [-0.05, 0) is 63.8 Å². The maximum absolute atomic E-state index is 3.56. The molecule has 3 N–H and O–H groups in total. The third kappa shape index (κ3) is 8.71. The molecule has 0 aliphatic rings. The van der Waals surface area contributed by atoms with Crippen LogP contribution in [-0.2, 0) is 20.1 Å². The van der Waals surface area contributed by atoms with Gasteiger partial charge in [0.2, 0.25) is 0 Å². The monoisotopic (exact) mass is 602 g/mol. The molecular weight excluding hydrogens is 569 g/mol. The van der Waals surface area contributed by atoms with Crippen molar-refractivity contribution < 1.29 is 44.9 Å². The summed E-state index contributed by atoms with van der Waals surface area (Å²) in [5, 5.41) is 10.6. The van der Waals surface area contributed by atoms with Gasteiger partial charge >= 0.3 is 0 Å². The molecule has 1 radical (unpaired) electrons. The minimum absolute atomic E-state index is 0. The molecule has 2 aromatic rings. The minimum atomic E-state index is 0. The number of nitrogens with one attached hydrogen (secondary N) is 3. The number of hydrogen-bond acceptors (Lipinski definition) is 3. The molecular formula is C22H33Cl2IrN3-2. The smallest absolute Gasteiger partial charge is 0.0400 e. The summed E-state index contributed by atoms with van der Waals surface area (Å²) in [6.45, 7) is 16.8. The van der Waals surface area contributed by atoms with Crippen LogP contribution in [0.1, 0.15) is 33.4 Å². The van der Waals surface area contributed by atoms with Crippen molar-refractivity contribution in [3.63, 3.8) is 0 Å². The van der Waals surface area contributed by atoms with Crippen LogP contribution in [0, 0.1) is 41.5 Å². The summed E-state index contributed by atoms with van der Waals surface area (Å²) >= 11 is 0. The average Bonchev–Trinajstić information content (AvgIpc) is 2.50. The molecule has 2 aromatic carbocycles. The van der Waals surface area contributed by atoms with Crippen molar-refractivity contribution in [2.75, 3.05) is 36.8 Å². The second-order valence-corrected chi connectivity index (χ2v) is 7.15. The topological polar surface area (TPSA) is 36.1 Å². The molecule has 28 heavy (non-hydrogen) atoms. The fourth-order valence-electron chi connectivity index (χ4n) is 3.59. The summed E-state index contributed by atoms with van der Waals surface area (Å²) in [6, 6.07) is 8.94. The van der Waals surface area contributed by atoms with Crippen molar-refractivity contribution in [1.82, 2.24) is 5.32 Å². The Bertz CT molecular complexity index is 628. The van der Waals surface area contributed by atoms with Gasteiger partial charge in [0.05, 0.1) is 0 Å². The Hall–Kier alpha value is -0.771. The molecule has 3 nitrogen and oxygen atoms in total. The van der Waals surface area contributed by atoms with Gasteiger partial charge in [0.1, 0.15) is 0 Å². The first kappa shape index (κ1) is 29.4. The average molecular weight is 603 g/mol. The second kappa shape index (κ2) is 14.2. The number of hydrogen-bond donors (Lipinski definition) is 3. The van der Waals surface area contributed by atoms with E-state index in [2.05, 4.69) is 81.8 Å². The molecule has 0 spiro atoms. The molecule has 0 atom stereocenters. The Balaban J connectivity index is 0. The van der Waals surface area contributed by atoms with Crippen LogP contribution in [0.5, 0.6) is 0 Å².